The maximum absolute atomic E-state index is 11.5. The monoisotopic (exact) mass is 285 g/mol. The largest absolute Gasteiger partial charge is 0.465 e. The summed E-state index contributed by atoms with van der Waals surface area (Å²) in [7, 11) is 1.26. The molecule has 7 heteroatoms. The van der Waals surface area contributed by atoms with Gasteiger partial charge in [0, 0.05) is 6.54 Å². The SMILES string of the molecule is COC(=O)c1sc(NCCC(C)C)c(C(N)=O)c1N. The van der Waals surface area contributed by atoms with E-state index < -0.39 is 11.9 Å². The van der Waals surface area contributed by atoms with Crippen molar-refractivity contribution in [2.45, 2.75) is 20.3 Å². The van der Waals surface area contributed by atoms with Crippen LogP contribution >= 0.6 is 11.3 Å². The quantitative estimate of drug-likeness (QED) is 0.689. The van der Waals surface area contributed by atoms with Crippen molar-refractivity contribution >= 4 is 33.9 Å². The Labute approximate surface area is 116 Å². The minimum Gasteiger partial charge on any atom is -0.465 e. The van der Waals surface area contributed by atoms with E-state index in [2.05, 4.69) is 23.9 Å². The van der Waals surface area contributed by atoms with Crippen molar-refractivity contribution in [2.75, 3.05) is 24.7 Å². The van der Waals surface area contributed by atoms with Crippen LogP contribution in [-0.2, 0) is 4.74 Å². The molecule has 0 aliphatic carbocycles. The van der Waals surface area contributed by atoms with Gasteiger partial charge in [-0.1, -0.05) is 13.8 Å². The van der Waals surface area contributed by atoms with Gasteiger partial charge in [0.05, 0.1) is 18.4 Å². The maximum Gasteiger partial charge on any atom is 0.350 e. The fraction of sp³-hybridized carbons (Fsp3) is 0.500. The Morgan fingerprint density at radius 3 is 2.53 bits per heavy atom. The summed E-state index contributed by atoms with van der Waals surface area (Å²) in [5, 5.41) is 3.62. The molecule has 1 rings (SSSR count). The van der Waals surface area contributed by atoms with Gasteiger partial charge in [-0.25, -0.2) is 4.79 Å². The second-order valence-corrected chi connectivity index (χ2v) is 5.53. The number of rotatable bonds is 6. The first-order valence-electron chi connectivity index (χ1n) is 5.92. The Morgan fingerprint density at radius 2 is 2.05 bits per heavy atom. The molecule has 106 valence electrons. The number of esters is 1. The van der Waals surface area contributed by atoms with Crippen LogP contribution in [0.3, 0.4) is 0 Å². The number of nitrogens with two attached hydrogens (primary N) is 2. The van der Waals surface area contributed by atoms with Crippen molar-refractivity contribution < 1.29 is 14.3 Å². The number of hydrogen-bond acceptors (Lipinski definition) is 6. The zero-order chi connectivity index (χ0) is 14.6. The molecule has 1 aromatic heterocycles. The van der Waals surface area contributed by atoms with Crippen LogP contribution in [0, 0.1) is 5.92 Å². The zero-order valence-corrected chi connectivity index (χ0v) is 12.1. The molecule has 0 saturated heterocycles. The van der Waals surface area contributed by atoms with Crippen molar-refractivity contribution in [3.05, 3.63) is 10.4 Å². The third-order valence-corrected chi connectivity index (χ3v) is 3.71. The third-order valence-electron chi connectivity index (χ3n) is 2.57. The van der Waals surface area contributed by atoms with Crippen molar-refractivity contribution in [1.29, 1.82) is 0 Å². The number of anilines is 2. The molecule has 5 N–H and O–H groups in total. The lowest BCUT2D eigenvalue weighted by molar-refractivity contribution is 0.0607. The lowest BCUT2D eigenvalue weighted by Crippen LogP contribution is -2.16. The number of primary amides is 1. The van der Waals surface area contributed by atoms with E-state index in [1.54, 1.807) is 0 Å². The van der Waals surface area contributed by atoms with Crippen LogP contribution in [-0.4, -0.2) is 25.5 Å². The number of thiophene rings is 1. The number of hydrogen-bond donors (Lipinski definition) is 3. The van der Waals surface area contributed by atoms with Gasteiger partial charge in [-0.05, 0) is 12.3 Å². The minimum atomic E-state index is -0.657. The van der Waals surface area contributed by atoms with Gasteiger partial charge in [0.2, 0.25) is 0 Å². The molecule has 0 bridgehead atoms. The number of amides is 1. The summed E-state index contributed by atoms with van der Waals surface area (Å²) in [4.78, 5) is 23.2. The van der Waals surface area contributed by atoms with Gasteiger partial charge in [0.25, 0.3) is 5.91 Å². The van der Waals surface area contributed by atoms with Crippen molar-refractivity contribution in [1.82, 2.24) is 0 Å². The Bertz CT molecular complexity index is 483. The van der Waals surface area contributed by atoms with E-state index in [0.29, 0.717) is 17.5 Å². The molecule has 0 spiro atoms. The van der Waals surface area contributed by atoms with Crippen molar-refractivity contribution in [2.24, 2.45) is 11.7 Å². The predicted molar refractivity (Wildman–Crippen MR) is 76.5 cm³/mol. The third kappa shape index (κ3) is 3.60. The first-order valence-corrected chi connectivity index (χ1v) is 6.74. The molecular formula is C12H19N3O3S. The molecule has 0 unspecified atom stereocenters. The molecule has 1 aromatic rings. The molecule has 0 fully saturated rings. The summed E-state index contributed by atoms with van der Waals surface area (Å²) < 4.78 is 4.62. The van der Waals surface area contributed by atoms with Gasteiger partial charge >= 0.3 is 5.97 Å². The highest BCUT2D eigenvalue weighted by atomic mass is 32.1. The highest BCUT2D eigenvalue weighted by molar-refractivity contribution is 7.19. The van der Waals surface area contributed by atoms with E-state index in [0.717, 1.165) is 17.8 Å². The lowest BCUT2D eigenvalue weighted by Gasteiger charge is -2.07. The molecular weight excluding hydrogens is 266 g/mol. The van der Waals surface area contributed by atoms with Crippen LogP contribution in [0.1, 0.15) is 40.3 Å². The molecule has 19 heavy (non-hydrogen) atoms. The van der Waals surface area contributed by atoms with E-state index in [-0.39, 0.29) is 16.1 Å². The first kappa shape index (κ1) is 15.3. The van der Waals surface area contributed by atoms with E-state index in [1.807, 2.05) is 0 Å². The first-order chi connectivity index (χ1) is 8.88. The summed E-state index contributed by atoms with van der Waals surface area (Å²) >= 11 is 1.09. The standard InChI is InChI=1S/C12H19N3O3S/c1-6(2)4-5-15-11-7(10(14)16)8(13)9(19-11)12(17)18-3/h6,15H,4-5,13H2,1-3H3,(H2,14,16). The fourth-order valence-electron chi connectivity index (χ4n) is 1.53. The van der Waals surface area contributed by atoms with Crippen LogP contribution in [0.5, 0.6) is 0 Å². The molecule has 0 saturated carbocycles. The van der Waals surface area contributed by atoms with Crippen LogP contribution in [0.4, 0.5) is 10.7 Å². The summed E-state index contributed by atoms with van der Waals surface area (Å²) in [6, 6.07) is 0. The molecule has 1 heterocycles. The molecule has 0 aliphatic heterocycles. The van der Waals surface area contributed by atoms with Crippen LogP contribution in [0.15, 0.2) is 0 Å². The minimum absolute atomic E-state index is 0.0800. The smallest absolute Gasteiger partial charge is 0.350 e. The van der Waals surface area contributed by atoms with E-state index in [4.69, 9.17) is 11.5 Å². The average molecular weight is 285 g/mol. The Kier molecular flexibility index (Phi) is 5.17. The number of nitrogen functional groups attached to an aromatic ring is 1. The summed E-state index contributed by atoms with van der Waals surface area (Å²) in [5.41, 5.74) is 11.3. The number of carbonyl (C=O) groups is 2. The normalized spacial score (nSPS) is 10.5. The van der Waals surface area contributed by atoms with Crippen LogP contribution in [0.25, 0.3) is 0 Å². The van der Waals surface area contributed by atoms with Gasteiger partial charge in [-0.15, -0.1) is 11.3 Å². The number of nitrogens with one attached hydrogen (secondary N) is 1. The Balaban J connectivity index is 3.02. The van der Waals surface area contributed by atoms with Gasteiger partial charge in [-0.3, -0.25) is 4.79 Å². The number of ether oxygens (including phenoxy) is 1. The second-order valence-electron chi connectivity index (χ2n) is 4.51. The van der Waals surface area contributed by atoms with E-state index in [9.17, 15) is 9.59 Å². The summed E-state index contributed by atoms with van der Waals surface area (Å²) in [6.45, 7) is 4.87. The lowest BCUT2D eigenvalue weighted by atomic mass is 10.1. The zero-order valence-electron chi connectivity index (χ0n) is 11.3. The Morgan fingerprint density at radius 1 is 1.42 bits per heavy atom. The van der Waals surface area contributed by atoms with Gasteiger partial charge in [0.1, 0.15) is 9.88 Å². The molecule has 0 radical (unpaired) electrons. The predicted octanol–water partition coefficient (Wildman–Crippen LogP) is 1.67. The van der Waals surface area contributed by atoms with Gasteiger partial charge in [0.15, 0.2) is 0 Å². The van der Waals surface area contributed by atoms with E-state index >= 15 is 0 Å². The summed E-state index contributed by atoms with van der Waals surface area (Å²) in [5.74, 6) is -0.695. The molecule has 6 nitrogen and oxygen atoms in total. The Hall–Kier alpha value is -1.76. The van der Waals surface area contributed by atoms with Crippen LogP contribution < -0.4 is 16.8 Å². The fourth-order valence-corrected chi connectivity index (χ4v) is 2.60. The van der Waals surface area contributed by atoms with E-state index in [1.165, 1.54) is 7.11 Å². The van der Waals surface area contributed by atoms with Crippen molar-refractivity contribution in [3.8, 4) is 0 Å². The van der Waals surface area contributed by atoms with Crippen molar-refractivity contribution in [3.63, 3.8) is 0 Å². The summed E-state index contributed by atoms with van der Waals surface area (Å²) in [6.07, 6.45) is 0.934. The molecule has 0 aromatic carbocycles. The molecule has 0 atom stereocenters. The maximum atomic E-state index is 11.5. The topological polar surface area (TPSA) is 107 Å². The highest BCUT2D eigenvalue weighted by Crippen LogP contribution is 2.35. The average Bonchev–Trinajstić information content (AvgIpc) is 2.65. The molecule has 0 aliphatic rings. The number of methoxy groups -OCH3 is 1. The number of carbonyl (C=O) groups excluding carboxylic acids is 2. The van der Waals surface area contributed by atoms with Gasteiger partial charge in [-0.2, -0.15) is 0 Å². The second kappa shape index (κ2) is 6.42. The van der Waals surface area contributed by atoms with Gasteiger partial charge < -0.3 is 21.5 Å². The van der Waals surface area contributed by atoms with Crippen LogP contribution in [0.2, 0.25) is 0 Å². The molecule has 1 amide bonds. The highest BCUT2D eigenvalue weighted by Gasteiger charge is 2.24.